The van der Waals surface area contributed by atoms with Gasteiger partial charge in [-0.2, -0.15) is 0 Å². The zero-order valence-corrected chi connectivity index (χ0v) is 25.3. The summed E-state index contributed by atoms with van der Waals surface area (Å²) in [6.45, 7) is 7.86. The lowest BCUT2D eigenvalue weighted by molar-refractivity contribution is 0.0789. The van der Waals surface area contributed by atoms with Crippen molar-refractivity contribution >= 4 is 39.3 Å². The lowest BCUT2D eigenvalue weighted by atomic mass is 10.0. The molecule has 2 saturated heterocycles. The highest BCUT2D eigenvalue weighted by Gasteiger charge is 2.29. The predicted molar refractivity (Wildman–Crippen MR) is 164 cm³/mol. The van der Waals surface area contributed by atoms with Crippen LogP contribution < -0.4 is 19.7 Å². The van der Waals surface area contributed by atoms with Gasteiger partial charge in [-0.25, -0.2) is 4.98 Å². The number of hydrogen-bond donors (Lipinski definition) is 1. The number of likely N-dealkylation sites (tertiary alicyclic amines) is 1. The number of halogens is 2. The number of nitrogens with one attached hydrogen (secondary N) is 1. The summed E-state index contributed by atoms with van der Waals surface area (Å²) < 4.78 is 12.5. The van der Waals surface area contributed by atoms with Crippen LogP contribution in [0.1, 0.15) is 28.8 Å². The van der Waals surface area contributed by atoms with Gasteiger partial charge in [0, 0.05) is 50.0 Å². The van der Waals surface area contributed by atoms with E-state index in [1.165, 1.54) is 18.4 Å². The van der Waals surface area contributed by atoms with Crippen LogP contribution in [0.25, 0.3) is 0 Å². The van der Waals surface area contributed by atoms with Gasteiger partial charge in [-0.1, -0.05) is 35.9 Å². The number of carbonyl (C=O) groups is 1. The second kappa shape index (κ2) is 13.0. The first-order valence-corrected chi connectivity index (χ1v) is 15.5. The summed E-state index contributed by atoms with van der Waals surface area (Å²) in [5.41, 5.74) is 1.84. The van der Waals surface area contributed by atoms with Crippen molar-refractivity contribution < 1.29 is 14.3 Å². The molecular weight excluding hydrogens is 606 g/mol. The summed E-state index contributed by atoms with van der Waals surface area (Å²) in [5.74, 6) is 2.14. The van der Waals surface area contributed by atoms with Crippen molar-refractivity contribution in [3.63, 3.8) is 0 Å². The highest BCUT2D eigenvalue weighted by molar-refractivity contribution is 9.10. The molecule has 3 aromatic rings. The maximum atomic E-state index is 12.8. The van der Waals surface area contributed by atoms with E-state index >= 15 is 0 Å². The van der Waals surface area contributed by atoms with Gasteiger partial charge in [-0.3, -0.25) is 14.6 Å². The van der Waals surface area contributed by atoms with Gasteiger partial charge in [0.25, 0.3) is 5.91 Å². The predicted octanol–water partition coefficient (Wildman–Crippen LogP) is 4.85. The van der Waals surface area contributed by atoms with Crippen LogP contribution >= 0.6 is 27.5 Å². The van der Waals surface area contributed by atoms with Crippen molar-refractivity contribution in [3.8, 4) is 11.5 Å². The SMILES string of the molecule is O=C(NCC1COc2ccccc2O1)c1cnc(N2CCN(C3CCN(Cc4ccc(Cl)cc4)CC3)CC2)c(Br)c1. The van der Waals surface area contributed by atoms with Gasteiger partial charge in [0.05, 0.1) is 16.6 Å². The van der Waals surface area contributed by atoms with E-state index in [-0.39, 0.29) is 12.0 Å². The van der Waals surface area contributed by atoms with E-state index in [0.717, 1.165) is 66.9 Å². The van der Waals surface area contributed by atoms with Crippen LogP contribution in [0.2, 0.25) is 5.02 Å². The second-order valence-corrected chi connectivity index (χ2v) is 12.2. The molecule has 1 amide bonds. The van der Waals surface area contributed by atoms with Crippen LogP contribution in [0.4, 0.5) is 5.82 Å². The topological polar surface area (TPSA) is 70.2 Å². The van der Waals surface area contributed by atoms with E-state index in [0.29, 0.717) is 30.5 Å². The molecule has 0 spiro atoms. The van der Waals surface area contributed by atoms with Crippen LogP contribution in [0.5, 0.6) is 11.5 Å². The summed E-state index contributed by atoms with van der Waals surface area (Å²) >= 11 is 9.70. The molecule has 0 bridgehead atoms. The zero-order chi connectivity index (χ0) is 28.2. The van der Waals surface area contributed by atoms with Gasteiger partial charge in [0.15, 0.2) is 11.5 Å². The summed E-state index contributed by atoms with van der Waals surface area (Å²) in [6.07, 6.45) is 3.82. The summed E-state index contributed by atoms with van der Waals surface area (Å²) in [7, 11) is 0. The van der Waals surface area contributed by atoms with E-state index < -0.39 is 0 Å². The standard InChI is InChI=1S/C31H35BrClN5O3/c32-27-17-23(31(39)35-19-26-21-40-28-3-1-2-4-29(28)41-26)18-34-30(27)38-15-13-37(14-16-38)25-9-11-36(12-10-25)20-22-5-7-24(33)8-6-22/h1-8,17-18,25-26H,9-16,19-21H2,(H,35,39). The monoisotopic (exact) mass is 639 g/mol. The van der Waals surface area contributed by atoms with Gasteiger partial charge in [-0.15, -0.1) is 0 Å². The number of hydrogen-bond acceptors (Lipinski definition) is 7. The molecule has 1 unspecified atom stereocenters. The molecule has 0 saturated carbocycles. The number of aromatic nitrogens is 1. The molecule has 3 aliphatic rings. The fourth-order valence-electron chi connectivity index (χ4n) is 5.85. The normalized spacial score (nSPS) is 20.1. The minimum Gasteiger partial charge on any atom is -0.486 e. The number of rotatable bonds is 7. The Bertz CT molecular complexity index is 1340. The lowest BCUT2D eigenvalue weighted by Gasteiger charge is -2.43. The van der Waals surface area contributed by atoms with Crippen LogP contribution in [0.15, 0.2) is 65.3 Å². The molecule has 216 valence electrons. The number of piperazine rings is 1. The van der Waals surface area contributed by atoms with Crippen LogP contribution in [0.3, 0.4) is 0 Å². The molecule has 10 heteroatoms. The van der Waals surface area contributed by atoms with Gasteiger partial charge in [0.2, 0.25) is 0 Å². The van der Waals surface area contributed by atoms with Crippen LogP contribution in [0, 0.1) is 0 Å². The number of piperidine rings is 1. The number of pyridine rings is 1. The number of ether oxygens (including phenoxy) is 2. The summed E-state index contributed by atoms with van der Waals surface area (Å²) in [6, 6.07) is 18.2. The third-order valence-electron chi connectivity index (χ3n) is 8.15. The molecule has 0 aliphatic carbocycles. The Balaban J connectivity index is 0.952. The Kier molecular flexibility index (Phi) is 8.95. The molecule has 41 heavy (non-hydrogen) atoms. The molecular formula is C31H35BrClN5O3. The Hall–Kier alpha value is -2.85. The largest absolute Gasteiger partial charge is 0.486 e. The van der Waals surface area contributed by atoms with E-state index in [2.05, 4.69) is 53.1 Å². The molecule has 0 radical (unpaired) electrons. The third-order valence-corrected chi connectivity index (χ3v) is 8.98. The van der Waals surface area contributed by atoms with E-state index in [1.54, 1.807) is 6.20 Å². The first-order chi connectivity index (χ1) is 20.0. The summed E-state index contributed by atoms with van der Waals surface area (Å²) in [5, 5.41) is 3.74. The molecule has 2 aromatic carbocycles. The fraction of sp³-hybridized carbons (Fsp3) is 0.419. The van der Waals surface area contributed by atoms with Gasteiger partial charge >= 0.3 is 0 Å². The number of carbonyl (C=O) groups excluding carboxylic acids is 1. The smallest absolute Gasteiger partial charge is 0.253 e. The minimum absolute atomic E-state index is 0.181. The molecule has 2 fully saturated rings. The van der Waals surface area contributed by atoms with Crippen molar-refractivity contribution in [1.82, 2.24) is 20.1 Å². The molecule has 1 aromatic heterocycles. The zero-order valence-electron chi connectivity index (χ0n) is 23.0. The average molecular weight is 641 g/mol. The van der Waals surface area contributed by atoms with E-state index in [4.69, 9.17) is 21.1 Å². The Morgan fingerprint density at radius 2 is 1.73 bits per heavy atom. The Morgan fingerprint density at radius 1 is 1.00 bits per heavy atom. The second-order valence-electron chi connectivity index (χ2n) is 10.9. The average Bonchev–Trinajstić information content (AvgIpc) is 3.01. The van der Waals surface area contributed by atoms with Crippen molar-refractivity contribution in [3.05, 3.63) is 81.4 Å². The highest BCUT2D eigenvalue weighted by Crippen LogP contribution is 2.31. The molecule has 1 N–H and O–H groups in total. The van der Waals surface area contributed by atoms with E-state index in [9.17, 15) is 4.79 Å². The van der Waals surface area contributed by atoms with Gasteiger partial charge in [-0.05, 0) is 77.8 Å². The van der Waals surface area contributed by atoms with Crippen molar-refractivity contribution in [1.29, 1.82) is 0 Å². The number of para-hydroxylation sites is 2. The fourth-order valence-corrected chi connectivity index (χ4v) is 6.58. The Labute approximate surface area is 254 Å². The van der Waals surface area contributed by atoms with E-state index in [1.807, 2.05) is 42.5 Å². The molecule has 1 atom stereocenters. The third kappa shape index (κ3) is 6.97. The lowest BCUT2D eigenvalue weighted by Crippen LogP contribution is -2.53. The number of benzene rings is 2. The minimum atomic E-state index is -0.239. The molecule has 8 nitrogen and oxygen atoms in total. The number of anilines is 1. The van der Waals surface area contributed by atoms with Gasteiger partial charge < -0.3 is 19.7 Å². The number of nitrogens with zero attached hydrogens (tertiary/aromatic N) is 4. The van der Waals surface area contributed by atoms with Crippen molar-refractivity contribution in [2.75, 3.05) is 57.3 Å². The van der Waals surface area contributed by atoms with Gasteiger partial charge in [0.1, 0.15) is 18.5 Å². The summed E-state index contributed by atoms with van der Waals surface area (Å²) in [4.78, 5) is 25.0. The van der Waals surface area contributed by atoms with Crippen molar-refractivity contribution in [2.45, 2.75) is 31.5 Å². The first-order valence-electron chi connectivity index (χ1n) is 14.3. The van der Waals surface area contributed by atoms with Crippen molar-refractivity contribution in [2.24, 2.45) is 0 Å². The number of amides is 1. The number of fused-ring (bicyclic) bond motifs is 1. The molecule has 3 aliphatic heterocycles. The highest BCUT2D eigenvalue weighted by atomic mass is 79.9. The quantitative estimate of drug-likeness (QED) is 0.396. The Morgan fingerprint density at radius 3 is 2.46 bits per heavy atom. The molecule has 6 rings (SSSR count). The first kappa shape index (κ1) is 28.3. The van der Waals surface area contributed by atoms with Crippen LogP contribution in [-0.2, 0) is 6.54 Å². The maximum Gasteiger partial charge on any atom is 0.253 e. The molecule has 4 heterocycles. The van der Waals surface area contributed by atoms with Crippen LogP contribution in [-0.4, -0.2) is 85.3 Å². The maximum absolute atomic E-state index is 12.8.